The van der Waals surface area contributed by atoms with E-state index in [0.29, 0.717) is 0 Å². The van der Waals surface area contributed by atoms with E-state index < -0.39 is 0 Å². The van der Waals surface area contributed by atoms with Crippen molar-refractivity contribution in [2.24, 2.45) is 4.99 Å². The van der Waals surface area contributed by atoms with Crippen molar-refractivity contribution in [1.82, 2.24) is 4.90 Å². The number of benzene rings is 3. The zero-order chi connectivity index (χ0) is 21.2. The molecule has 158 valence electrons. The van der Waals surface area contributed by atoms with E-state index in [9.17, 15) is 0 Å². The fourth-order valence-electron chi connectivity index (χ4n) is 3.74. The van der Waals surface area contributed by atoms with Crippen LogP contribution in [0.4, 0.5) is 0 Å². The Balaban J connectivity index is 1.80. The van der Waals surface area contributed by atoms with Crippen molar-refractivity contribution < 1.29 is 0 Å². The summed E-state index contributed by atoms with van der Waals surface area (Å²) in [5.74, 6) is 0. The van der Waals surface area contributed by atoms with E-state index >= 15 is 0 Å². The molecule has 0 fully saturated rings. The van der Waals surface area contributed by atoms with Crippen LogP contribution in [0.1, 0.15) is 43.7 Å². The lowest BCUT2D eigenvalue weighted by Gasteiger charge is -2.15. The highest BCUT2D eigenvalue weighted by atomic mass is 32.2. The molecule has 0 saturated heterocycles. The molecule has 0 N–H and O–H groups in total. The lowest BCUT2D eigenvalue weighted by molar-refractivity contribution is 0.321. The fourth-order valence-corrected chi connectivity index (χ4v) is 4.15. The van der Waals surface area contributed by atoms with Crippen LogP contribution in [0.15, 0.2) is 76.6 Å². The standard InChI is InChI=1S/C27H34N2S/c1-4-5-20-29(2)21-9-8-19-28-27(23-15-17-24(30-3)18-16-23)26-14-10-12-22-11-6-7-13-25(22)26/h6-7,10-18H,4-5,8-9,19-21H2,1-3H3/b28-27-. The van der Waals surface area contributed by atoms with E-state index in [1.807, 2.05) is 0 Å². The molecule has 0 unspecified atom stereocenters. The minimum Gasteiger partial charge on any atom is -0.306 e. The number of aliphatic imine (C=N–C) groups is 1. The van der Waals surface area contributed by atoms with Crippen LogP contribution in [-0.2, 0) is 0 Å². The van der Waals surface area contributed by atoms with Gasteiger partial charge in [-0.2, -0.15) is 0 Å². The Kier molecular flexibility index (Phi) is 8.98. The maximum Gasteiger partial charge on any atom is 0.0725 e. The van der Waals surface area contributed by atoms with Gasteiger partial charge in [-0.15, -0.1) is 11.8 Å². The minimum absolute atomic E-state index is 0.866. The van der Waals surface area contributed by atoms with Crippen LogP contribution >= 0.6 is 11.8 Å². The number of hydrogen-bond acceptors (Lipinski definition) is 3. The summed E-state index contributed by atoms with van der Waals surface area (Å²) in [6.07, 6.45) is 6.97. The normalized spacial score (nSPS) is 12.1. The molecule has 3 rings (SSSR count). The van der Waals surface area contributed by atoms with Gasteiger partial charge in [-0.05, 0) is 68.6 Å². The van der Waals surface area contributed by atoms with Crippen LogP contribution in [0.2, 0.25) is 0 Å². The average molecular weight is 419 g/mol. The van der Waals surface area contributed by atoms with E-state index in [1.165, 1.54) is 52.6 Å². The summed E-state index contributed by atoms with van der Waals surface area (Å²) < 4.78 is 0. The first-order valence-electron chi connectivity index (χ1n) is 11.1. The zero-order valence-corrected chi connectivity index (χ0v) is 19.4. The van der Waals surface area contributed by atoms with Crippen molar-refractivity contribution in [3.63, 3.8) is 0 Å². The van der Waals surface area contributed by atoms with Crippen molar-refractivity contribution in [3.8, 4) is 0 Å². The lowest BCUT2D eigenvalue weighted by atomic mass is 9.96. The Labute approximate surface area is 186 Å². The summed E-state index contributed by atoms with van der Waals surface area (Å²) in [5.41, 5.74) is 3.54. The highest BCUT2D eigenvalue weighted by molar-refractivity contribution is 7.98. The van der Waals surface area contributed by atoms with Gasteiger partial charge in [0.25, 0.3) is 0 Å². The van der Waals surface area contributed by atoms with Gasteiger partial charge < -0.3 is 4.90 Å². The number of hydrogen-bond donors (Lipinski definition) is 0. The summed E-state index contributed by atoms with van der Waals surface area (Å²) >= 11 is 1.78. The predicted octanol–water partition coefficient (Wildman–Crippen LogP) is 6.91. The van der Waals surface area contributed by atoms with Crippen molar-refractivity contribution in [2.45, 2.75) is 37.5 Å². The Morgan fingerprint density at radius 1 is 0.867 bits per heavy atom. The lowest BCUT2D eigenvalue weighted by Crippen LogP contribution is -2.20. The van der Waals surface area contributed by atoms with Crippen LogP contribution in [0.25, 0.3) is 10.8 Å². The van der Waals surface area contributed by atoms with Gasteiger partial charge in [0.1, 0.15) is 0 Å². The van der Waals surface area contributed by atoms with Crippen LogP contribution in [0.5, 0.6) is 0 Å². The zero-order valence-electron chi connectivity index (χ0n) is 18.6. The van der Waals surface area contributed by atoms with Crippen molar-refractivity contribution in [3.05, 3.63) is 77.9 Å². The van der Waals surface area contributed by atoms with E-state index in [-0.39, 0.29) is 0 Å². The molecular formula is C27H34N2S. The number of thioether (sulfide) groups is 1. The molecule has 3 aromatic rings. The van der Waals surface area contributed by atoms with Crippen LogP contribution < -0.4 is 0 Å². The number of fused-ring (bicyclic) bond motifs is 1. The number of unbranched alkanes of at least 4 members (excludes halogenated alkanes) is 2. The second-order valence-electron chi connectivity index (χ2n) is 7.85. The second-order valence-corrected chi connectivity index (χ2v) is 8.73. The maximum atomic E-state index is 5.12. The van der Waals surface area contributed by atoms with Crippen LogP contribution in [-0.4, -0.2) is 43.5 Å². The SMILES string of the molecule is CCCCN(C)CCCC/N=C(/c1ccc(SC)cc1)c1cccc2ccccc12. The summed E-state index contributed by atoms with van der Waals surface area (Å²) in [5, 5.41) is 2.54. The van der Waals surface area contributed by atoms with E-state index in [2.05, 4.69) is 91.9 Å². The van der Waals surface area contributed by atoms with Gasteiger partial charge in [0.05, 0.1) is 5.71 Å². The fraction of sp³-hybridized carbons (Fsp3) is 0.370. The molecule has 0 radical (unpaired) electrons. The number of nitrogens with zero attached hydrogens (tertiary/aromatic N) is 2. The maximum absolute atomic E-state index is 5.12. The summed E-state index contributed by atoms with van der Waals surface area (Å²) in [4.78, 5) is 8.85. The Hall–Kier alpha value is -2.10. The molecule has 3 heteroatoms. The molecule has 3 aromatic carbocycles. The Morgan fingerprint density at radius 3 is 2.37 bits per heavy atom. The Morgan fingerprint density at radius 2 is 1.60 bits per heavy atom. The van der Waals surface area contributed by atoms with Crippen molar-refractivity contribution in [2.75, 3.05) is 32.9 Å². The van der Waals surface area contributed by atoms with Gasteiger partial charge in [0, 0.05) is 22.6 Å². The molecule has 0 heterocycles. The first-order valence-corrected chi connectivity index (χ1v) is 12.3. The van der Waals surface area contributed by atoms with Crippen LogP contribution in [0, 0.1) is 0 Å². The summed E-state index contributed by atoms with van der Waals surface area (Å²) in [7, 11) is 2.23. The molecule has 0 aromatic heterocycles. The predicted molar refractivity (Wildman–Crippen MR) is 134 cm³/mol. The molecule has 0 aliphatic heterocycles. The molecule has 30 heavy (non-hydrogen) atoms. The van der Waals surface area contributed by atoms with E-state index in [4.69, 9.17) is 4.99 Å². The highest BCUT2D eigenvalue weighted by Crippen LogP contribution is 2.24. The Bertz CT molecular complexity index is 941. The van der Waals surface area contributed by atoms with Gasteiger partial charge in [-0.1, -0.05) is 67.9 Å². The monoisotopic (exact) mass is 418 g/mol. The van der Waals surface area contributed by atoms with Crippen molar-refractivity contribution >= 4 is 28.2 Å². The first-order chi connectivity index (χ1) is 14.7. The molecular weight excluding hydrogens is 384 g/mol. The molecule has 0 saturated carbocycles. The number of rotatable bonds is 11. The van der Waals surface area contributed by atoms with Crippen LogP contribution in [0.3, 0.4) is 0 Å². The molecule has 0 aliphatic rings. The topological polar surface area (TPSA) is 15.6 Å². The van der Waals surface area contributed by atoms with Gasteiger partial charge >= 0.3 is 0 Å². The molecule has 0 atom stereocenters. The second kappa shape index (κ2) is 11.9. The molecule has 0 amide bonds. The quantitative estimate of drug-likeness (QED) is 0.191. The van der Waals surface area contributed by atoms with Gasteiger partial charge in [-0.25, -0.2) is 0 Å². The summed E-state index contributed by atoms with van der Waals surface area (Å²) in [6.45, 7) is 5.47. The van der Waals surface area contributed by atoms with E-state index in [0.717, 1.165) is 25.2 Å². The smallest absolute Gasteiger partial charge is 0.0725 e. The molecule has 2 nitrogen and oxygen atoms in total. The van der Waals surface area contributed by atoms with Crippen molar-refractivity contribution in [1.29, 1.82) is 0 Å². The van der Waals surface area contributed by atoms with Gasteiger partial charge in [0.2, 0.25) is 0 Å². The molecule has 0 spiro atoms. The highest BCUT2D eigenvalue weighted by Gasteiger charge is 2.11. The molecule has 0 aliphatic carbocycles. The van der Waals surface area contributed by atoms with Gasteiger partial charge in [-0.3, -0.25) is 4.99 Å². The third-order valence-electron chi connectivity index (χ3n) is 5.52. The third-order valence-corrected chi connectivity index (χ3v) is 6.26. The minimum atomic E-state index is 0.866. The summed E-state index contributed by atoms with van der Waals surface area (Å²) in [6, 6.07) is 24.0. The average Bonchev–Trinajstić information content (AvgIpc) is 2.80. The van der Waals surface area contributed by atoms with E-state index in [1.54, 1.807) is 11.8 Å². The third kappa shape index (κ3) is 6.20. The largest absolute Gasteiger partial charge is 0.306 e. The van der Waals surface area contributed by atoms with Gasteiger partial charge in [0.15, 0.2) is 0 Å². The molecule has 0 bridgehead atoms. The first kappa shape index (κ1) is 22.6.